The Hall–Kier alpha value is -3.71. The van der Waals surface area contributed by atoms with Gasteiger partial charge < -0.3 is 25.6 Å². The van der Waals surface area contributed by atoms with Crippen molar-refractivity contribution in [1.82, 2.24) is 9.80 Å². The number of nitrogen functional groups attached to an aromatic ring is 1. The topological polar surface area (TPSA) is 74.1 Å². The van der Waals surface area contributed by atoms with E-state index in [0.29, 0.717) is 24.8 Å². The fraction of sp³-hybridized carbons (Fsp3) is 0.406. The number of nitrogens with zero attached hydrogens (tertiary/aromatic N) is 3. The first kappa shape index (κ1) is 26.9. The number of carbonyl (C=O) groups is 1. The Kier molecular flexibility index (Phi) is 8.89. The van der Waals surface area contributed by atoms with E-state index in [1.165, 1.54) is 16.8 Å². The minimum atomic E-state index is 0.276. The molecule has 0 bridgehead atoms. The summed E-state index contributed by atoms with van der Waals surface area (Å²) in [5, 5.41) is 3.59. The molecular formula is C32H41N5O2. The zero-order valence-electron chi connectivity index (χ0n) is 23.0. The molecule has 2 aliphatic rings. The normalized spacial score (nSPS) is 16.7. The second-order valence-corrected chi connectivity index (χ2v) is 10.5. The minimum absolute atomic E-state index is 0.276. The van der Waals surface area contributed by atoms with Crippen molar-refractivity contribution in [2.75, 3.05) is 68.4 Å². The van der Waals surface area contributed by atoms with Crippen LogP contribution in [0.1, 0.15) is 26.2 Å². The van der Waals surface area contributed by atoms with Crippen molar-refractivity contribution in [2.24, 2.45) is 0 Å². The zero-order valence-corrected chi connectivity index (χ0v) is 23.0. The summed E-state index contributed by atoms with van der Waals surface area (Å²) in [6, 6.07) is 25.6. The van der Waals surface area contributed by atoms with E-state index in [1.54, 1.807) is 0 Å². The van der Waals surface area contributed by atoms with Gasteiger partial charge in [-0.25, -0.2) is 0 Å². The maximum atomic E-state index is 12.9. The number of piperidine rings is 1. The third-order valence-corrected chi connectivity index (χ3v) is 7.89. The lowest BCUT2D eigenvalue weighted by Gasteiger charge is -2.37. The molecule has 206 valence electrons. The largest absolute Gasteiger partial charge is 0.492 e. The van der Waals surface area contributed by atoms with E-state index in [0.717, 1.165) is 70.1 Å². The number of ether oxygens (including phenoxy) is 1. The van der Waals surface area contributed by atoms with Crippen LogP contribution in [0.5, 0.6) is 5.75 Å². The summed E-state index contributed by atoms with van der Waals surface area (Å²) in [4.78, 5) is 19.8. The lowest BCUT2D eigenvalue weighted by atomic mass is 10.0. The number of hydrogen-bond donors (Lipinski definition) is 2. The van der Waals surface area contributed by atoms with Crippen molar-refractivity contribution in [3.63, 3.8) is 0 Å². The zero-order chi connectivity index (χ0) is 27.0. The molecule has 0 aromatic heterocycles. The molecule has 2 saturated heterocycles. The van der Waals surface area contributed by atoms with Gasteiger partial charge in [-0.3, -0.25) is 9.69 Å². The fourth-order valence-electron chi connectivity index (χ4n) is 5.55. The summed E-state index contributed by atoms with van der Waals surface area (Å²) in [5.74, 6) is 0.996. The highest BCUT2D eigenvalue weighted by atomic mass is 16.5. The van der Waals surface area contributed by atoms with Crippen molar-refractivity contribution >= 4 is 23.0 Å². The smallest absolute Gasteiger partial charge is 0.223 e. The van der Waals surface area contributed by atoms with Gasteiger partial charge in [-0.2, -0.15) is 0 Å². The molecule has 7 nitrogen and oxygen atoms in total. The molecule has 2 fully saturated rings. The molecule has 0 unspecified atom stereocenters. The lowest BCUT2D eigenvalue weighted by Crippen LogP contribution is -2.48. The molecule has 0 atom stereocenters. The van der Waals surface area contributed by atoms with Crippen LogP contribution >= 0.6 is 0 Å². The van der Waals surface area contributed by atoms with E-state index in [1.807, 2.05) is 36.1 Å². The third kappa shape index (κ3) is 7.03. The molecule has 3 N–H and O–H groups in total. The molecule has 0 spiro atoms. The molecule has 5 rings (SSSR count). The average molecular weight is 528 g/mol. The number of hydrogen-bond acceptors (Lipinski definition) is 6. The first-order chi connectivity index (χ1) is 19.1. The van der Waals surface area contributed by atoms with E-state index in [4.69, 9.17) is 10.5 Å². The Morgan fingerprint density at radius 3 is 2.28 bits per heavy atom. The standard InChI is InChI=1S/C32H41N5O2/c1-2-39-31-24-28(10-13-30(31)33)34-27-14-18-37(19-15-27)32(38)16-17-35-20-22-36(23-21-35)29-11-8-26(9-12-29)25-6-4-3-5-7-25/h3-13,24,27,34H,2,14-23,33H2,1H3. The minimum Gasteiger partial charge on any atom is -0.492 e. The summed E-state index contributed by atoms with van der Waals surface area (Å²) in [5.41, 5.74) is 11.4. The molecular weight excluding hydrogens is 486 g/mol. The predicted molar refractivity (Wildman–Crippen MR) is 160 cm³/mol. The van der Waals surface area contributed by atoms with Crippen molar-refractivity contribution in [2.45, 2.75) is 32.2 Å². The van der Waals surface area contributed by atoms with E-state index < -0.39 is 0 Å². The first-order valence-corrected chi connectivity index (χ1v) is 14.3. The average Bonchev–Trinajstić information content (AvgIpc) is 2.99. The summed E-state index contributed by atoms with van der Waals surface area (Å²) in [7, 11) is 0. The van der Waals surface area contributed by atoms with Crippen LogP contribution in [0.4, 0.5) is 17.1 Å². The van der Waals surface area contributed by atoms with Crippen LogP contribution in [0.15, 0.2) is 72.8 Å². The van der Waals surface area contributed by atoms with Gasteiger partial charge in [0.2, 0.25) is 5.91 Å². The van der Waals surface area contributed by atoms with Crippen molar-refractivity contribution in [3.05, 3.63) is 72.8 Å². The van der Waals surface area contributed by atoms with Crippen LogP contribution in [0.3, 0.4) is 0 Å². The molecule has 2 heterocycles. The van der Waals surface area contributed by atoms with Gasteiger partial charge >= 0.3 is 0 Å². The molecule has 3 aromatic rings. The van der Waals surface area contributed by atoms with Crippen molar-refractivity contribution in [3.8, 4) is 16.9 Å². The summed E-state index contributed by atoms with van der Waals surface area (Å²) >= 11 is 0. The number of anilines is 3. The maximum absolute atomic E-state index is 12.9. The quantitative estimate of drug-likeness (QED) is 0.384. The molecule has 1 amide bonds. The van der Waals surface area contributed by atoms with Crippen LogP contribution in [0.25, 0.3) is 11.1 Å². The van der Waals surface area contributed by atoms with Crippen LogP contribution in [0, 0.1) is 0 Å². The molecule has 0 saturated carbocycles. The highest BCUT2D eigenvalue weighted by Gasteiger charge is 2.24. The molecule has 2 aliphatic heterocycles. The van der Waals surface area contributed by atoms with Gasteiger partial charge in [-0.15, -0.1) is 0 Å². The second-order valence-electron chi connectivity index (χ2n) is 10.5. The van der Waals surface area contributed by atoms with Gasteiger partial charge in [-0.1, -0.05) is 42.5 Å². The Labute approximate surface area is 232 Å². The van der Waals surface area contributed by atoms with E-state index in [9.17, 15) is 4.79 Å². The van der Waals surface area contributed by atoms with Gasteiger partial charge in [0.15, 0.2) is 0 Å². The SMILES string of the molecule is CCOc1cc(NC2CCN(C(=O)CCN3CCN(c4ccc(-c5ccccc5)cc4)CC3)CC2)ccc1N. The second kappa shape index (κ2) is 12.9. The van der Waals surface area contributed by atoms with Crippen molar-refractivity contribution < 1.29 is 9.53 Å². The number of likely N-dealkylation sites (tertiary alicyclic amines) is 1. The Bertz CT molecular complexity index is 1200. The highest BCUT2D eigenvalue weighted by molar-refractivity contribution is 5.76. The van der Waals surface area contributed by atoms with Gasteiger partial charge in [0.25, 0.3) is 0 Å². The lowest BCUT2D eigenvalue weighted by molar-refractivity contribution is -0.132. The Morgan fingerprint density at radius 1 is 0.897 bits per heavy atom. The Morgan fingerprint density at radius 2 is 1.59 bits per heavy atom. The molecule has 0 radical (unpaired) electrons. The van der Waals surface area contributed by atoms with E-state index in [2.05, 4.69) is 63.6 Å². The van der Waals surface area contributed by atoms with Gasteiger partial charge in [0.1, 0.15) is 5.75 Å². The number of amides is 1. The van der Waals surface area contributed by atoms with Crippen LogP contribution in [0.2, 0.25) is 0 Å². The summed E-state index contributed by atoms with van der Waals surface area (Å²) in [6.07, 6.45) is 2.49. The molecule has 39 heavy (non-hydrogen) atoms. The van der Waals surface area contributed by atoms with Crippen LogP contribution in [-0.2, 0) is 4.79 Å². The number of nitrogens with two attached hydrogens (primary N) is 1. The summed E-state index contributed by atoms with van der Waals surface area (Å²) < 4.78 is 5.62. The van der Waals surface area contributed by atoms with Crippen molar-refractivity contribution in [1.29, 1.82) is 0 Å². The first-order valence-electron chi connectivity index (χ1n) is 14.3. The molecule has 7 heteroatoms. The van der Waals surface area contributed by atoms with E-state index >= 15 is 0 Å². The highest BCUT2D eigenvalue weighted by Crippen LogP contribution is 2.27. The maximum Gasteiger partial charge on any atom is 0.223 e. The monoisotopic (exact) mass is 527 g/mol. The van der Waals surface area contributed by atoms with Gasteiger partial charge in [0.05, 0.1) is 12.3 Å². The number of carbonyl (C=O) groups excluding carboxylic acids is 1. The van der Waals surface area contributed by atoms with Crippen LogP contribution < -0.4 is 20.7 Å². The third-order valence-electron chi connectivity index (χ3n) is 7.89. The summed E-state index contributed by atoms with van der Waals surface area (Å²) in [6.45, 7) is 8.95. The number of rotatable bonds is 9. The van der Waals surface area contributed by atoms with Gasteiger partial charge in [-0.05, 0) is 55.2 Å². The predicted octanol–water partition coefficient (Wildman–Crippen LogP) is 4.95. The number of nitrogens with one attached hydrogen (secondary N) is 1. The van der Waals surface area contributed by atoms with Crippen LogP contribution in [-0.4, -0.2) is 74.2 Å². The van der Waals surface area contributed by atoms with E-state index in [-0.39, 0.29) is 5.91 Å². The molecule has 0 aliphatic carbocycles. The van der Waals surface area contributed by atoms with Gasteiger partial charge in [0, 0.05) is 75.7 Å². The molecule has 3 aromatic carbocycles. The number of benzene rings is 3. The number of piperazine rings is 1. The Balaban J connectivity index is 1.01. The fourth-order valence-corrected chi connectivity index (χ4v) is 5.55.